The van der Waals surface area contributed by atoms with Crippen molar-refractivity contribution in [3.8, 4) is 5.95 Å². The molecule has 0 aliphatic rings. The Kier molecular flexibility index (Phi) is 2.12. The predicted octanol–water partition coefficient (Wildman–Crippen LogP) is 3.06. The van der Waals surface area contributed by atoms with Crippen molar-refractivity contribution in [1.29, 1.82) is 0 Å². The van der Waals surface area contributed by atoms with Crippen LogP contribution in [0, 0.1) is 0 Å². The molecule has 0 radical (unpaired) electrons. The molecule has 3 aromatic rings. The summed E-state index contributed by atoms with van der Waals surface area (Å²) in [6, 6.07) is 5.27. The van der Waals surface area contributed by atoms with Crippen molar-refractivity contribution in [2.45, 2.75) is 0 Å². The molecule has 2 heterocycles. The van der Waals surface area contributed by atoms with Gasteiger partial charge in [0.2, 0.25) is 5.95 Å². The van der Waals surface area contributed by atoms with Crippen LogP contribution >= 0.6 is 23.2 Å². The van der Waals surface area contributed by atoms with Gasteiger partial charge >= 0.3 is 0 Å². The van der Waals surface area contributed by atoms with Crippen molar-refractivity contribution < 1.29 is 0 Å². The Morgan fingerprint density at radius 3 is 2.88 bits per heavy atom. The Bertz CT molecular complexity index is 642. The lowest BCUT2D eigenvalue weighted by Gasteiger charge is -1.92. The van der Waals surface area contributed by atoms with E-state index in [1.807, 2.05) is 6.07 Å². The quantitative estimate of drug-likeness (QED) is 0.724. The number of rotatable bonds is 1. The largest absolute Gasteiger partial charge is 0.322 e. The Hall–Kier alpha value is -1.52. The van der Waals surface area contributed by atoms with E-state index in [4.69, 9.17) is 23.2 Å². The van der Waals surface area contributed by atoms with Crippen molar-refractivity contribution in [1.82, 2.24) is 19.7 Å². The van der Waals surface area contributed by atoms with Gasteiger partial charge in [0.1, 0.15) is 5.52 Å². The van der Waals surface area contributed by atoms with Crippen LogP contribution < -0.4 is 0 Å². The van der Waals surface area contributed by atoms with Crippen LogP contribution in [0.1, 0.15) is 0 Å². The minimum atomic E-state index is 0.525. The van der Waals surface area contributed by atoms with Crippen molar-refractivity contribution >= 4 is 34.2 Å². The molecule has 3 rings (SSSR count). The van der Waals surface area contributed by atoms with Gasteiger partial charge in [-0.15, -0.1) is 0 Å². The molecule has 16 heavy (non-hydrogen) atoms. The maximum atomic E-state index is 6.04. The van der Waals surface area contributed by atoms with E-state index in [-0.39, 0.29) is 0 Å². The van der Waals surface area contributed by atoms with Gasteiger partial charge in [0.25, 0.3) is 0 Å². The first-order valence-corrected chi connectivity index (χ1v) is 5.34. The van der Waals surface area contributed by atoms with Crippen LogP contribution in [-0.4, -0.2) is 19.7 Å². The SMILES string of the molecule is Clc1cc(Cl)c2nc(-n3cccn3)[nH]c2c1. The fourth-order valence-corrected chi connectivity index (χ4v) is 2.07. The normalized spacial score (nSPS) is 11.1. The molecule has 0 bridgehead atoms. The van der Waals surface area contributed by atoms with Gasteiger partial charge in [0.05, 0.1) is 10.5 Å². The molecule has 0 spiro atoms. The summed E-state index contributed by atoms with van der Waals surface area (Å²) in [6.45, 7) is 0. The average Bonchev–Trinajstić information content (AvgIpc) is 2.82. The van der Waals surface area contributed by atoms with Gasteiger partial charge in [-0.3, -0.25) is 0 Å². The lowest BCUT2D eigenvalue weighted by Crippen LogP contribution is -1.95. The highest BCUT2D eigenvalue weighted by molar-refractivity contribution is 6.38. The molecule has 1 aromatic carbocycles. The van der Waals surface area contributed by atoms with E-state index >= 15 is 0 Å². The molecule has 4 nitrogen and oxygen atoms in total. The molecule has 0 amide bonds. The summed E-state index contributed by atoms with van der Waals surface area (Å²) in [5.41, 5.74) is 1.49. The summed E-state index contributed by atoms with van der Waals surface area (Å²) in [7, 11) is 0. The lowest BCUT2D eigenvalue weighted by atomic mass is 10.3. The number of nitrogens with one attached hydrogen (secondary N) is 1. The van der Waals surface area contributed by atoms with Crippen molar-refractivity contribution in [2.75, 3.05) is 0 Å². The molecule has 0 aliphatic carbocycles. The third-order valence-corrected chi connectivity index (χ3v) is 2.72. The van der Waals surface area contributed by atoms with Crippen molar-refractivity contribution in [3.05, 3.63) is 40.6 Å². The molecular weight excluding hydrogens is 247 g/mol. The lowest BCUT2D eigenvalue weighted by molar-refractivity contribution is 0.829. The van der Waals surface area contributed by atoms with Crippen LogP contribution in [-0.2, 0) is 0 Å². The first kappa shape index (κ1) is 9.69. The second kappa shape index (κ2) is 3.50. The Morgan fingerprint density at radius 2 is 2.12 bits per heavy atom. The van der Waals surface area contributed by atoms with Crippen molar-refractivity contribution in [2.24, 2.45) is 0 Å². The maximum Gasteiger partial charge on any atom is 0.229 e. The highest BCUT2D eigenvalue weighted by Crippen LogP contribution is 2.26. The van der Waals surface area contributed by atoms with E-state index in [0.717, 1.165) is 5.52 Å². The second-order valence-corrected chi connectivity index (χ2v) is 4.14. The first-order chi connectivity index (χ1) is 7.74. The molecule has 0 atom stereocenters. The van der Waals surface area contributed by atoms with E-state index in [1.54, 1.807) is 29.2 Å². The molecule has 6 heteroatoms. The van der Waals surface area contributed by atoms with Crippen molar-refractivity contribution in [3.63, 3.8) is 0 Å². The number of halogens is 2. The molecular formula is C10H6Cl2N4. The van der Waals surface area contributed by atoms with Gasteiger partial charge in [-0.25, -0.2) is 9.67 Å². The van der Waals surface area contributed by atoms with Gasteiger partial charge in [0.15, 0.2) is 0 Å². The second-order valence-electron chi connectivity index (χ2n) is 3.29. The van der Waals surface area contributed by atoms with Gasteiger partial charge < -0.3 is 4.98 Å². The molecule has 0 fully saturated rings. The summed E-state index contributed by atoms with van der Waals surface area (Å²) in [5.74, 6) is 0.615. The van der Waals surface area contributed by atoms with Crippen LogP contribution in [0.2, 0.25) is 10.0 Å². The minimum absolute atomic E-state index is 0.525. The zero-order valence-corrected chi connectivity index (χ0v) is 9.50. The molecule has 0 saturated heterocycles. The molecule has 2 aromatic heterocycles. The number of fused-ring (bicyclic) bond motifs is 1. The fraction of sp³-hybridized carbons (Fsp3) is 0. The van der Waals surface area contributed by atoms with Gasteiger partial charge in [-0.2, -0.15) is 5.10 Å². The van der Waals surface area contributed by atoms with E-state index in [9.17, 15) is 0 Å². The summed E-state index contributed by atoms with van der Waals surface area (Å²) >= 11 is 11.9. The van der Waals surface area contributed by atoms with E-state index in [0.29, 0.717) is 21.5 Å². The third-order valence-electron chi connectivity index (χ3n) is 2.21. The van der Waals surface area contributed by atoms with Crippen LogP contribution in [0.4, 0.5) is 0 Å². The highest BCUT2D eigenvalue weighted by atomic mass is 35.5. The monoisotopic (exact) mass is 252 g/mol. The summed E-state index contributed by atoms with van der Waals surface area (Å²) in [5, 5.41) is 5.18. The zero-order chi connectivity index (χ0) is 11.1. The van der Waals surface area contributed by atoms with Crippen LogP contribution in [0.25, 0.3) is 17.0 Å². The van der Waals surface area contributed by atoms with Gasteiger partial charge in [0, 0.05) is 17.4 Å². The summed E-state index contributed by atoms with van der Waals surface area (Å²) < 4.78 is 1.63. The number of nitrogens with zero attached hydrogens (tertiary/aromatic N) is 3. The minimum Gasteiger partial charge on any atom is -0.322 e. The number of hydrogen-bond acceptors (Lipinski definition) is 2. The van der Waals surface area contributed by atoms with E-state index in [2.05, 4.69) is 15.1 Å². The highest BCUT2D eigenvalue weighted by Gasteiger charge is 2.08. The molecule has 1 N–H and O–H groups in total. The first-order valence-electron chi connectivity index (χ1n) is 4.59. The predicted molar refractivity (Wildman–Crippen MR) is 63.2 cm³/mol. The topological polar surface area (TPSA) is 46.5 Å². The Balaban J connectivity index is 2.27. The van der Waals surface area contributed by atoms with Crippen LogP contribution in [0.5, 0.6) is 0 Å². The number of aromatic amines is 1. The number of aromatic nitrogens is 4. The van der Waals surface area contributed by atoms with E-state index < -0.39 is 0 Å². The standard InChI is InChI=1S/C10H6Cl2N4/c11-6-4-7(12)9-8(5-6)14-10(15-9)16-3-1-2-13-16/h1-5H,(H,14,15). The third kappa shape index (κ3) is 1.47. The fourth-order valence-electron chi connectivity index (χ4n) is 1.53. The molecule has 0 saturated carbocycles. The summed E-state index contributed by atoms with van der Waals surface area (Å²) in [4.78, 5) is 7.45. The van der Waals surface area contributed by atoms with Gasteiger partial charge in [-0.1, -0.05) is 23.2 Å². The summed E-state index contributed by atoms with van der Waals surface area (Å²) in [6.07, 6.45) is 3.48. The Labute approximate surface area is 101 Å². The number of benzene rings is 1. The number of H-pyrrole nitrogens is 1. The molecule has 0 unspecified atom stereocenters. The van der Waals surface area contributed by atoms with Crippen LogP contribution in [0.3, 0.4) is 0 Å². The molecule has 0 aliphatic heterocycles. The van der Waals surface area contributed by atoms with Crippen LogP contribution in [0.15, 0.2) is 30.6 Å². The average molecular weight is 253 g/mol. The maximum absolute atomic E-state index is 6.04. The van der Waals surface area contributed by atoms with Gasteiger partial charge in [-0.05, 0) is 18.2 Å². The molecule has 80 valence electrons. The van der Waals surface area contributed by atoms with E-state index in [1.165, 1.54) is 0 Å². The number of imidazole rings is 1. The smallest absolute Gasteiger partial charge is 0.229 e. The Morgan fingerprint density at radius 1 is 1.25 bits per heavy atom. The number of hydrogen-bond donors (Lipinski definition) is 1. The zero-order valence-electron chi connectivity index (χ0n) is 7.98.